The van der Waals surface area contributed by atoms with Crippen LogP contribution in [0.3, 0.4) is 0 Å². The molecule has 2 aromatic heterocycles. The Labute approximate surface area is 129 Å². The van der Waals surface area contributed by atoms with Gasteiger partial charge in [0.1, 0.15) is 5.82 Å². The molecule has 0 bridgehead atoms. The molecule has 3 heterocycles. The Morgan fingerprint density at radius 1 is 1.41 bits per heavy atom. The number of fused-ring (bicyclic) bond motifs is 1. The third kappa shape index (κ3) is 2.34. The van der Waals surface area contributed by atoms with E-state index in [1.807, 2.05) is 19.2 Å². The Bertz CT molecular complexity index is 704. The highest BCUT2D eigenvalue weighted by molar-refractivity contribution is 5.94. The van der Waals surface area contributed by atoms with Crippen molar-refractivity contribution in [2.24, 2.45) is 7.05 Å². The Hall–Kier alpha value is -2.37. The number of carbonyl (C=O) groups excluding carboxylic acids is 1. The molecule has 1 N–H and O–H groups in total. The van der Waals surface area contributed by atoms with Crippen LogP contribution < -0.4 is 10.1 Å². The Kier molecular flexibility index (Phi) is 3.60. The second kappa shape index (κ2) is 5.44. The number of aryl methyl sites for hydroxylation is 1. The number of anilines is 1. The average molecular weight is 300 g/mol. The quantitative estimate of drug-likeness (QED) is 0.945. The second-order valence-corrected chi connectivity index (χ2v) is 5.86. The fourth-order valence-corrected chi connectivity index (χ4v) is 2.95. The van der Waals surface area contributed by atoms with Crippen LogP contribution in [0.5, 0.6) is 5.88 Å². The van der Waals surface area contributed by atoms with Gasteiger partial charge in [-0.15, -0.1) is 0 Å². The molecule has 1 amide bonds. The van der Waals surface area contributed by atoms with Crippen molar-refractivity contribution in [2.75, 3.05) is 12.4 Å². The van der Waals surface area contributed by atoms with Gasteiger partial charge in [0, 0.05) is 37.2 Å². The van der Waals surface area contributed by atoms with Crippen molar-refractivity contribution in [2.45, 2.75) is 32.1 Å². The van der Waals surface area contributed by atoms with E-state index in [0.29, 0.717) is 18.2 Å². The van der Waals surface area contributed by atoms with Gasteiger partial charge in [-0.3, -0.25) is 9.48 Å². The highest BCUT2D eigenvalue weighted by atomic mass is 16.5. The highest BCUT2D eigenvalue weighted by Gasteiger charge is 2.33. The first-order valence-corrected chi connectivity index (χ1v) is 7.37. The number of methoxy groups -OCH3 is 1. The molecular formula is C16H20N4O2. The molecule has 6 heteroatoms. The van der Waals surface area contributed by atoms with E-state index in [9.17, 15) is 4.79 Å². The lowest BCUT2D eigenvalue weighted by molar-refractivity contribution is -0.116. The monoisotopic (exact) mass is 300 g/mol. The molecule has 0 radical (unpaired) electrons. The molecule has 3 rings (SSSR count). The number of carbonyl (C=O) groups is 1. The molecular weight excluding hydrogens is 280 g/mol. The summed E-state index contributed by atoms with van der Waals surface area (Å²) >= 11 is 0. The lowest BCUT2D eigenvalue weighted by Crippen LogP contribution is -2.25. The summed E-state index contributed by atoms with van der Waals surface area (Å²) in [7, 11) is 3.45. The van der Waals surface area contributed by atoms with Crippen molar-refractivity contribution >= 4 is 11.7 Å². The highest BCUT2D eigenvalue weighted by Crippen LogP contribution is 2.41. The number of hydrogen-bond acceptors (Lipinski definition) is 4. The first-order valence-electron chi connectivity index (χ1n) is 7.37. The van der Waals surface area contributed by atoms with Crippen molar-refractivity contribution in [1.82, 2.24) is 14.8 Å². The maximum absolute atomic E-state index is 12.1. The summed E-state index contributed by atoms with van der Waals surface area (Å²) in [6.45, 7) is 4.23. The zero-order valence-corrected chi connectivity index (χ0v) is 13.3. The van der Waals surface area contributed by atoms with Crippen LogP contribution in [0.4, 0.5) is 5.82 Å². The van der Waals surface area contributed by atoms with Gasteiger partial charge in [0.05, 0.1) is 12.8 Å². The molecule has 0 saturated carbocycles. The van der Waals surface area contributed by atoms with Crippen LogP contribution in [0.15, 0.2) is 18.3 Å². The van der Waals surface area contributed by atoms with E-state index in [4.69, 9.17) is 4.74 Å². The van der Waals surface area contributed by atoms with Gasteiger partial charge in [-0.25, -0.2) is 4.98 Å². The van der Waals surface area contributed by atoms with Crippen LogP contribution in [0.25, 0.3) is 0 Å². The van der Waals surface area contributed by atoms with Crippen LogP contribution >= 0.6 is 0 Å². The first-order chi connectivity index (χ1) is 10.5. The van der Waals surface area contributed by atoms with E-state index >= 15 is 0 Å². The molecule has 0 aromatic carbocycles. The number of rotatable bonds is 3. The van der Waals surface area contributed by atoms with Crippen molar-refractivity contribution in [3.05, 3.63) is 35.2 Å². The summed E-state index contributed by atoms with van der Waals surface area (Å²) in [5.41, 5.74) is 3.13. The summed E-state index contributed by atoms with van der Waals surface area (Å²) in [6.07, 6.45) is 2.19. The number of nitrogens with zero attached hydrogens (tertiary/aromatic N) is 3. The Morgan fingerprint density at radius 3 is 2.77 bits per heavy atom. The second-order valence-electron chi connectivity index (χ2n) is 5.86. The number of aromatic nitrogens is 3. The normalized spacial score (nSPS) is 17.3. The number of amides is 1. The summed E-state index contributed by atoms with van der Waals surface area (Å²) in [5, 5.41) is 7.53. The molecule has 0 saturated heterocycles. The molecule has 0 spiro atoms. The standard InChI is InChI=1S/C16H20N4O2/c1-9(2)15-14-11(10-5-6-13(22-4)17-8-10)7-12(21)18-16(14)20(3)19-15/h5-6,8-9,11H,7H2,1-4H3,(H,18,21). The maximum Gasteiger partial charge on any atom is 0.226 e. The van der Waals surface area contributed by atoms with Crippen molar-refractivity contribution in [3.63, 3.8) is 0 Å². The third-order valence-electron chi connectivity index (χ3n) is 4.03. The molecule has 22 heavy (non-hydrogen) atoms. The van der Waals surface area contributed by atoms with E-state index in [2.05, 4.69) is 29.2 Å². The van der Waals surface area contributed by atoms with Crippen molar-refractivity contribution in [1.29, 1.82) is 0 Å². The van der Waals surface area contributed by atoms with E-state index in [1.54, 1.807) is 18.0 Å². The van der Waals surface area contributed by atoms with E-state index in [1.165, 1.54) is 0 Å². The van der Waals surface area contributed by atoms with E-state index < -0.39 is 0 Å². The van der Waals surface area contributed by atoms with Gasteiger partial charge in [-0.1, -0.05) is 19.9 Å². The fraction of sp³-hybridized carbons (Fsp3) is 0.438. The lowest BCUT2D eigenvalue weighted by atomic mass is 9.84. The third-order valence-corrected chi connectivity index (χ3v) is 4.03. The van der Waals surface area contributed by atoms with Crippen LogP contribution in [-0.2, 0) is 11.8 Å². The minimum absolute atomic E-state index is 0.00613. The zero-order valence-electron chi connectivity index (χ0n) is 13.3. The van der Waals surface area contributed by atoms with Gasteiger partial charge < -0.3 is 10.1 Å². The maximum atomic E-state index is 12.1. The van der Waals surface area contributed by atoms with Crippen molar-refractivity contribution in [3.8, 4) is 5.88 Å². The summed E-state index contributed by atoms with van der Waals surface area (Å²) in [4.78, 5) is 16.3. The topological polar surface area (TPSA) is 69.0 Å². The molecule has 1 atom stereocenters. The van der Waals surface area contributed by atoms with E-state index in [0.717, 1.165) is 22.6 Å². The SMILES string of the molecule is COc1ccc(C2CC(=O)Nc3c2c(C(C)C)nn3C)cn1. The number of nitrogens with one attached hydrogen (secondary N) is 1. The van der Waals surface area contributed by atoms with Crippen LogP contribution in [-0.4, -0.2) is 27.8 Å². The fourth-order valence-electron chi connectivity index (χ4n) is 2.95. The number of pyridine rings is 1. The lowest BCUT2D eigenvalue weighted by Gasteiger charge is -2.24. The van der Waals surface area contributed by atoms with Crippen LogP contribution in [0, 0.1) is 0 Å². The minimum atomic E-state index is -0.0201. The van der Waals surface area contributed by atoms with Crippen LogP contribution in [0.1, 0.15) is 48.9 Å². The minimum Gasteiger partial charge on any atom is -0.481 e. The van der Waals surface area contributed by atoms with Gasteiger partial charge in [0.15, 0.2) is 0 Å². The number of ether oxygens (including phenoxy) is 1. The van der Waals surface area contributed by atoms with Crippen LogP contribution in [0.2, 0.25) is 0 Å². The molecule has 0 fully saturated rings. The number of hydrogen-bond donors (Lipinski definition) is 1. The first kappa shape index (κ1) is 14.6. The van der Waals surface area contributed by atoms with Crippen molar-refractivity contribution < 1.29 is 9.53 Å². The molecule has 1 aliphatic heterocycles. The molecule has 1 aliphatic rings. The van der Waals surface area contributed by atoms with Gasteiger partial charge in [0.25, 0.3) is 0 Å². The van der Waals surface area contributed by atoms with Gasteiger partial charge >= 0.3 is 0 Å². The molecule has 0 aliphatic carbocycles. The van der Waals surface area contributed by atoms with Gasteiger partial charge in [-0.2, -0.15) is 5.10 Å². The smallest absolute Gasteiger partial charge is 0.226 e. The zero-order chi connectivity index (χ0) is 15.9. The summed E-state index contributed by atoms with van der Waals surface area (Å²) in [5.74, 6) is 1.64. The molecule has 1 unspecified atom stereocenters. The summed E-state index contributed by atoms with van der Waals surface area (Å²) in [6, 6.07) is 3.79. The molecule has 116 valence electrons. The predicted molar refractivity (Wildman–Crippen MR) is 83.2 cm³/mol. The predicted octanol–water partition coefficient (Wildman–Crippen LogP) is 2.42. The molecule has 6 nitrogen and oxygen atoms in total. The van der Waals surface area contributed by atoms with E-state index in [-0.39, 0.29) is 11.8 Å². The van der Waals surface area contributed by atoms with Gasteiger partial charge in [-0.05, 0) is 11.5 Å². The molecule has 2 aromatic rings. The summed E-state index contributed by atoms with van der Waals surface area (Å²) < 4.78 is 6.86. The van der Waals surface area contributed by atoms with Gasteiger partial charge in [0.2, 0.25) is 11.8 Å². The Balaban J connectivity index is 2.11. The average Bonchev–Trinajstić information content (AvgIpc) is 2.84. The Morgan fingerprint density at radius 2 is 2.18 bits per heavy atom. The largest absolute Gasteiger partial charge is 0.481 e.